The van der Waals surface area contributed by atoms with Crippen LogP contribution in [0.4, 0.5) is 0 Å². The van der Waals surface area contributed by atoms with Crippen molar-refractivity contribution in [2.24, 2.45) is 12.8 Å². The third-order valence-corrected chi connectivity index (χ3v) is 3.16. The van der Waals surface area contributed by atoms with Crippen molar-refractivity contribution < 1.29 is 4.79 Å². The first-order chi connectivity index (χ1) is 9.35. The summed E-state index contributed by atoms with van der Waals surface area (Å²) in [5.41, 5.74) is 7.16. The molecule has 0 spiro atoms. The third kappa shape index (κ3) is 4.61. The Morgan fingerprint density at radius 1 is 1.50 bits per heavy atom. The standard InChI is InChI=1S/C14H27N5O/c1-6-19(9-13(20)17-10(2)3)14(11(4)15)12-7-16-18(5)8-12/h7-8,10-11,14H,6,9,15H2,1-5H3,(H,17,20). The van der Waals surface area contributed by atoms with Gasteiger partial charge in [-0.2, -0.15) is 5.10 Å². The molecule has 3 N–H and O–H groups in total. The zero-order valence-corrected chi connectivity index (χ0v) is 13.1. The topological polar surface area (TPSA) is 76.2 Å². The van der Waals surface area contributed by atoms with E-state index in [1.54, 1.807) is 4.68 Å². The SMILES string of the molecule is CCN(CC(=O)NC(C)C)C(c1cnn(C)c1)C(C)N. The molecule has 0 bridgehead atoms. The average molecular weight is 281 g/mol. The van der Waals surface area contributed by atoms with Gasteiger partial charge in [0, 0.05) is 30.9 Å². The predicted octanol–water partition coefficient (Wildman–Crippen LogP) is 0.655. The second kappa shape index (κ2) is 7.40. The van der Waals surface area contributed by atoms with Gasteiger partial charge in [0.25, 0.3) is 0 Å². The molecule has 1 amide bonds. The number of hydrogen-bond acceptors (Lipinski definition) is 4. The highest BCUT2D eigenvalue weighted by Crippen LogP contribution is 2.22. The average Bonchev–Trinajstić information content (AvgIpc) is 2.73. The van der Waals surface area contributed by atoms with Gasteiger partial charge in [0.1, 0.15) is 0 Å². The maximum Gasteiger partial charge on any atom is 0.234 e. The zero-order chi connectivity index (χ0) is 15.3. The Balaban J connectivity index is 2.85. The zero-order valence-electron chi connectivity index (χ0n) is 13.1. The van der Waals surface area contributed by atoms with Crippen molar-refractivity contribution in [2.45, 2.75) is 45.8 Å². The van der Waals surface area contributed by atoms with Gasteiger partial charge in [-0.25, -0.2) is 0 Å². The quantitative estimate of drug-likeness (QED) is 0.769. The van der Waals surface area contributed by atoms with Crippen molar-refractivity contribution in [3.8, 4) is 0 Å². The number of carbonyl (C=O) groups excluding carboxylic acids is 1. The highest BCUT2D eigenvalue weighted by atomic mass is 16.2. The molecule has 0 aliphatic heterocycles. The van der Waals surface area contributed by atoms with E-state index in [0.717, 1.165) is 12.1 Å². The molecular formula is C14H27N5O. The van der Waals surface area contributed by atoms with Crippen molar-refractivity contribution in [2.75, 3.05) is 13.1 Å². The van der Waals surface area contributed by atoms with E-state index in [2.05, 4.69) is 15.3 Å². The number of likely N-dealkylation sites (N-methyl/N-ethyl adjacent to an activating group) is 1. The first-order valence-corrected chi connectivity index (χ1v) is 7.12. The van der Waals surface area contributed by atoms with Crippen LogP contribution in [0.3, 0.4) is 0 Å². The molecule has 114 valence electrons. The highest BCUT2D eigenvalue weighted by molar-refractivity contribution is 5.78. The van der Waals surface area contributed by atoms with Crippen LogP contribution in [0.25, 0.3) is 0 Å². The van der Waals surface area contributed by atoms with Crippen molar-refractivity contribution >= 4 is 5.91 Å². The largest absolute Gasteiger partial charge is 0.353 e. The van der Waals surface area contributed by atoms with Crippen LogP contribution in [-0.2, 0) is 11.8 Å². The third-order valence-electron chi connectivity index (χ3n) is 3.16. The number of nitrogens with one attached hydrogen (secondary N) is 1. The summed E-state index contributed by atoms with van der Waals surface area (Å²) in [4.78, 5) is 14.1. The summed E-state index contributed by atoms with van der Waals surface area (Å²) in [6, 6.07) is 0.0611. The molecule has 0 aromatic carbocycles. The Hall–Kier alpha value is -1.40. The fraction of sp³-hybridized carbons (Fsp3) is 0.714. The molecule has 0 aliphatic rings. The van der Waals surface area contributed by atoms with Crippen molar-refractivity contribution in [3.63, 3.8) is 0 Å². The number of aromatic nitrogens is 2. The molecule has 1 aromatic rings. The molecule has 1 rings (SSSR count). The van der Waals surface area contributed by atoms with Gasteiger partial charge >= 0.3 is 0 Å². The van der Waals surface area contributed by atoms with E-state index < -0.39 is 0 Å². The van der Waals surface area contributed by atoms with Gasteiger partial charge in [0.2, 0.25) is 5.91 Å². The van der Waals surface area contributed by atoms with E-state index in [9.17, 15) is 4.79 Å². The number of aryl methyl sites for hydroxylation is 1. The van der Waals surface area contributed by atoms with Crippen LogP contribution in [0.15, 0.2) is 12.4 Å². The van der Waals surface area contributed by atoms with Gasteiger partial charge < -0.3 is 11.1 Å². The second-order valence-corrected chi connectivity index (χ2v) is 5.54. The predicted molar refractivity (Wildman–Crippen MR) is 80.1 cm³/mol. The number of amides is 1. The minimum absolute atomic E-state index is 0.00777. The van der Waals surface area contributed by atoms with Gasteiger partial charge in [-0.15, -0.1) is 0 Å². The Bertz CT molecular complexity index is 427. The van der Waals surface area contributed by atoms with Crippen molar-refractivity contribution in [3.05, 3.63) is 18.0 Å². The minimum atomic E-state index is -0.0778. The Morgan fingerprint density at radius 3 is 2.55 bits per heavy atom. The van der Waals surface area contributed by atoms with Crippen molar-refractivity contribution in [1.29, 1.82) is 0 Å². The lowest BCUT2D eigenvalue weighted by Crippen LogP contribution is -2.45. The Labute approximate surface area is 121 Å². The summed E-state index contributed by atoms with van der Waals surface area (Å²) in [7, 11) is 1.88. The molecule has 1 heterocycles. The van der Waals surface area contributed by atoms with Crippen LogP contribution in [0.5, 0.6) is 0 Å². The fourth-order valence-corrected chi connectivity index (χ4v) is 2.40. The number of rotatable bonds is 7. The van der Waals surface area contributed by atoms with Crippen LogP contribution in [0.2, 0.25) is 0 Å². The van der Waals surface area contributed by atoms with Crippen LogP contribution in [0, 0.1) is 0 Å². The highest BCUT2D eigenvalue weighted by Gasteiger charge is 2.26. The molecule has 6 nitrogen and oxygen atoms in total. The van der Waals surface area contributed by atoms with Crippen LogP contribution >= 0.6 is 0 Å². The van der Waals surface area contributed by atoms with E-state index in [1.165, 1.54) is 0 Å². The van der Waals surface area contributed by atoms with Gasteiger partial charge in [0.15, 0.2) is 0 Å². The lowest BCUT2D eigenvalue weighted by atomic mass is 10.0. The maximum atomic E-state index is 12.0. The maximum absolute atomic E-state index is 12.0. The lowest BCUT2D eigenvalue weighted by molar-refractivity contribution is -0.123. The number of nitrogens with two attached hydrogens (primary N) is 1. The van der Waals surface area contributed by atoms with E-state index in [-0.39, 0.29) is 24.0 Å². The second-order valence-electron chi connectivity index (χ2n) is 5.54. The molecule has 1 aromatic heterocycles. The van der Waals surface area contributed by atoms with Gasteiger partial charge in [-0.05, 0) is 27.3 Å². The normalized spacial score (nSPS) is 14.6. The monoisotopic (exact) mass is 281 g/mol. The molecule has 0 fully saturated rings. The van der Waals surface area contributed by atoms with E-state index in [1.807, 2.05) is 47.1 Å². The molecule has 2 atom stereocenters. The van der Waals surface area contributed by atoms with Gasteiger partial charge in [-0.3, -0.25) is 14.4 Å². The number of nitrogens with zero attached hydrogens (tertiary/aromatic N) is 3. The summed E-state index contributed by atoms with van der Waals surface area (Å²) < 4.78 is 1.76. The van der Waals surface area contributed by atoms with Gasteiger partial charge in [-0.1, -0.05) is 6.92 Å². The van der Waals surface area contributed by atoms with Crippen LogP contribution in [0.1, 0.15) is 39.3 Å². The first kappa shape index (κ1) is 16.7. The number of hydrogen-bond donors (Lipinski definition) is 2. The van der Waals surface area contributed by atoms with E-state index >= 15 is 0 Å². The van der Waals surface area contributed by atoms with Crippen LogP contribution in [-0.4, -0.2) is 45.8 Å². The Kier molecular flexibility index (Phi) is 6.16. The summed E-state index contributed by atoms with van der Waals surface area (Å²) >= 11 is 0. The molecule has 0 saturated carbocycles. The van der Waals surface area contributed by atoms with Gasteiger partial charge in [0.05, 0.1) is 18.8 Å². The molecule has 0 radical (unpaired) electrons. The molecule has 0 aliphatic carbocycles. The molecule has 2 unspecified atom stereocenters. The summed E-state index contributed by atoms with van der Waals surface area (Å²) in [5, 5.41) is 7.11. The van der Waals surface area contributed by atoms with E-state index in [4.69, 9.17) is 5.73 Å². The molecule has 20 heavy (non-hydrogen) atoms. The van der Waals surface area contributed by atoms with Crippen LogP contribution < -0.4 is 11.1 Å². The lowest BCUT2D eigenvalue weighted by Gasteiger charge is -2.32. The number of carbonyl (C=O) groups is 1. The van der Waals surface area contributed by atoms with Crippen molar-refractivity contribution in [1.82, 2.24) is 20.0 Å². The molecular weight excluding hydrogens is 254 g/mol. The Morgan fingerprint density at radius 2 is 2.15 bits per heavy atom. The molecule has 6 heteroatoms. The van der Waals surface area contributed by atoms with E-state index in [0.29, 0.717) is 6.54 Å². The first-order valence-electron chi connectivity index (χ1n) is 7.12. The summed E-state index contributed by atoms with van der Waals surface area (Å²) in [5.74, 6) is 0.0244. The summed E-state index contributed by atoms with van der Waals surface area (Å²) in [6.07, 6.45) is 3.77. The minimum Gasteiger partial charge on any atom is -0.353 e. The smallest absolute Gasteiger partial charge is 0.234 e. The summed E-state index contributed by atoms with van der Waals surface area (Å²) in [6.45, 7) is 9.01. The fourth-order valence-electron chi connectivity index (χ4n) is 2.40. The molecule has 0 saturated heterocycles.